The highest BCUT2D eigenvalue weighted by Crippen LogP contribution is 2.12. The molecule has 0 aliphatic carbocycles. The largest absolute Gasteiger partial charge is 0.399 e. The number of hydrogen-bond donors (Lipinski definition) is 2. The maximum absolute atomic E-state index is 11.7. The van der Waals surface area contributed by atoms with E-state index in [1.54, 1.807) is 25.1 Å². The number of carbonyl (C=O) groups is 1. The second-order valence-electron chi connectivity index (χ2n) is 3.96. The van der Waals surface area contributed by atoms with Crippen molar-refractivity contribution in [1.82, 2.24) is 5.32 Å². The van der Waals surface area contributed by atoms with Crippen molar-refractivity contribution in [1.29, 1.82) is 0 Å². The molecule has 0 heterocycles. The summed E-state index contributed by atoms with van der Waals surface area (Å²) >= 11 is 0. The summed E-state index contributed by atoms with van der Waals surface area (Å²) in [5, 5.41) is 2.55. The predicted molar refractivity (Wildman–Crippen MR) is 67.6 cm³/mol. The van der Waals surface area contributed by atoms with E-state index in [1.807, 2.05) is 0 Å². The highest BCUT2D eigenvalue weighted by atomic mass is 32.2. The number of hydrogen-bond acceptors (Lipinski definition) is 4. The fourth-order valence-electron chi connectivity index (χ4n) is 1.33. The summed E-state index contributed by atoms with van der Waals surface area (Å²) in [6.07, 6.45) is 1.13. The Morgan fingerprint density at radius 3 is 2.65 bits per heavy atom. The third kappa shape index (κ3) is 4.44. The van der Waals surface area contributed by atoms with Gasteiger partial charge >= 0.3 is 0 Å². The Kier molecular flexibility index (Phi) is 4.11. The van der Waals surface area contributed by atoms with Gasteiger partial charge in [0.15, 0.2) is 0 Å². The minimum Gasteiger partial charge on any atom is -0.399 e. The van der Waals surface area contributed by atoms with Crippen LogP contribution < -0.4 is 11.1 Å². The van der Waals surface area contributed by atoms with Crippen molar-refractivity contribution in [2.75, 3.05) is 24.3 Å². The third-order valence-corrected chi connectivity index (χ3v) is 3.21. The molecule has 0 spiro atoms. The SMILES string of the molecule is Cc1ccc(N)cc1C(=O)NCCS(C)(=O)=O. The molecule has 0 aromatic heterocycles. The van der Waals surface area contributed by atoms with E-state index in [2.05, 4.69) is 5.32 Å². The molecule has 0 aliphatic rings. The first kappa shape index (κ1) is 13.5. The second kappa shape index (κ2) is 5.18. The van der Waals surface area contributed by atoms with E-state index < -0.39 is 9.84 Å². The normalized spacial score (nSPS) is 11.2. The molecule has 0 unspecified atom stereocenters. The number of carbonyl (C=O) groups excluding carboxylic acids is 1. The first-order chi connectivity index (χ1) is 7.79. The molecule has 1 aromatic rings. The van der Waals surface area contributed by atoms with Crippen molar-refractivity contribution in [2.24, 2.45) is 0 Å². The highest BCUT2D eigenvalue weighted by molar-refractivity contribution is 7.90. The topological polar surface area (TPSA) is 89.3 Å². The monoisotopic (exact) mass is 256 g/mol. The number of anilines is 1. The van der Waals surface area contributed by atoms with Gasteiger partial charge in [0.25, 0.3) is 5.91 Å². The summed E-state index contributed by atoms with van der Waals surface area (Å²) in [6, 6.07) is 5.04. The van der Waals surface area contributed by atoms with Crippen LogP contribution in [0, 0.1) is 6.92 Å². The lowest BCUT2D eigenvalue weighted by Gasteiger charge is -2.07. The van der Waals surface area contributed by atoms with Crippen LogP contribution in [0.25, 0.3) is 0 Å². The number of sulfone groups is 1. The lowest BCUT2D eigenvalue weighted by atomic mass is 10.1. The molecule has 17 heavy (non-hydrogen) atoms. The minimum atomic E-state index is -3.06. The van der Waals surface area contributed by atoms with Gasteiger partial charge in [-0.3, -0.25) is 4.79 Å². The van der Waals surface area contributed by atoms with Crippen LogP contribution in [0.1, 0.15) is 15.9 Å². The number of aryl methyl sites for hydroxylation is 1. The van der Waals surface area contributed by atoms with Gasteiger partial charge in [-0.05, 0) is 24.6 Å². The Balaban J connectivity index is 2.67. The average Bonchev–Trinajstić information content (AvgIpc) is 2.19. The Morgan fingerprint density at radius 1 is 1.41 bits per heavy atom. The van der Waals surface area contributed by atoms with Gasteiger partial charge < -0.3 is 11.1 Å². The number of nitrogen functional groups attached to an aromatic ring is 1. The van der Waals surface area contributed by atoms with Gasteiger partial charge in [0.05, 0.1) is 5.75 Å². The summed E-state index contributed by atoms with van der Waals surface area (Å²) in [5.74, 6) is -0.376. The fourth-order valence-corrected chi connectivity index (χ4v) is 1.80. The second-order valence-corrected chi connectivity index (χ2v) is 6.22. The molecule has 1 rings (SSSR count). The van der Waals surface area contributed by atoms with Crippen molar-refractivity contribution in [3.63, 3.8) is 0 Å². The van der Waals surface area contributed by atoms with E-state index in [0.717, 1.165) is 11.8 Å². The molecule has 0 aliphatic heterocycles. The molecule has 0 radical (unpaired) electrons. The first-order valence-electron chi connectivity index (χ1n) is 5.11. The van der Waals surface area contributed by atoms with E-state index in [-0.39, 0.29) is 18.2 Å². The molecule has 3 N–H and O–H groups in total. The highest BCUT2D eigenvalue weighted by Gasteiger charge is 2.10. The maximum atomic E-state index is 11.7. The first-order valence-corrected chi connectivity index (χ1v) is 7.18. The van der Waals surface area contributed by atoms with E-state index >= 15 is 0 Å². The number of benzene rings is 1. The molecular weight excluding hydrogens is 240 g/mol. The third-order valence-electron chi connectivity index (χ3n) is 2.26. The Bertz CT molecular complexity index is 524. The standard InChI is InChI=1S/C11H16N2O3S/c1-8-3-4-9(12)7-10(8)11(14)13-5-6-17(2,15)16/h3-4,7H,5-6,12H2,1-2H3,(H,13,14). The number of rotatable bonds is 4. The van der Waals surface area contributed by atoms with Gasteiger partial charge in [0.1, 0.15) is 9.84 Å². The average molecular weight is 256 g/mol. The molecule has 1 aromatic carbocycles. The maximum Gasteiger partial charge on any atom is 0.251 e. The van der Waals surface area contributed by atoms with E-state index in [1.165, 1.54) is 0 Å². The summed E-state index contributed by atoms with van der Waals surface area (Å²) in [4.78, 5) is 11.7. The number of nitrogens with one attached hydrogen (secondary N) is 1. The van der Waals surface area contributed by atoms with Crippen molar-refractivity contribution < 1.29 is 13.2 Å². The van der Waals surface area contributed by atoms with Crippen LogP contribution in [-0.2, 0) is 9.84 Å². The van der Waals surface area contributed by atoms with E-state index in [4.69, 9.17) is 5.73 Å². The lowest BCUT2D eigenvalue weighted by molar-refractivity contribution is 0.0955. The van der Waals surface area contributed by atoms with Crippen molar-refractivity contribution >= 4 is 21.4 Å². The van der Waals surface area contributed by atoms with Crippen LogP contribution in [0.4, 0.5) is 5.69 Å². The smallest absolute Gasteiger partial charge is 0.251 e. The molecule has 6 heteroatoms. The molecule has 94 valence electrons. The number of amides is 1. The minimum absolute atomic E-state index is 0.0693. The van der Waals surface area contributed by atoms with Crippen molar-refractivity contribution in [3.05, 3.63) is 29.3 Å². The van der Waals surface area contributed by atoms with Crippen LogP contribution in [0.15, 0.2) is 18.2 Å². The summed E-state index contributed by atoms with van der Waals surface area (Å²) in [5.41, 5.74) is 7.36. The fraction of sp³-hybridized carbons (Fsp3) is 0.364. The molecule has 0 saturated carbocycles. The molecular formula is C11H16N2O3S. The molecule has 0 bridgehead atoms. The Hall–Kier alpha value is -1.56. The molecule has 1 amide bonds. The van der Waals surface area contributed by atoms with Crippen molar-refractivity contribution in [2.45, 2.75) is 6.92 Å². The number of nitrogens with two attached hydrogens (primary N) is 1. The quantitative estimate of drug-likeness (QED) is 0.761. The molecule has 5 nitrogen and oxygen atoms in total. The van der Waals surface area contributed by atoms with Gasteiger partial charge in [-0.15, -0.1) is 0 Å². The van der Waals surface area contributed by atoms with Gasteiger partial charge in [-0.2, -0.15) is 0 Å². The van der Waals surface area contributed by atoms with Crippen LogP contribution in [-0.4, -0.2) is 32.9 Å². The van der Waals surface area contributed by atoms with Crippen LogP contribution in [0.5, 0.6) is 0 Å². The van der Waals surface area contributed by atoms with E-state index in [0.29, 0.717) is 11.3 Å². The van der Waals surface area contributed by atoms with E-state index in [9.17, 15) is 13.2 Å². The van der Waals surface area contributed by atoms with Crippen LogP contribution >= 0.6 is 0 Å². The zero-order chi connectivity index (χ0) is 13.1. The van der Waals surface area contributed by atoms with Crippen molar-refractivity contribution in [3.8, 4) is 0 Å². The summed E-state index contributed by atoms with van der Waals surface area (Å²) in [6.45, 7) is 1.90. The molecule has 0 fully saturated rings. The molecule has 0 atom stereocenters. The molecule has 0 saturated heterocycles. The zero-order valence-electron chi connectivity index (χ0n) is 9.86. The zero-order valence-corrected chi connectivity index (χ0v) is 10.7. The summed E-state index contributed by atoms with van der Waals surface area (Å²) in [7, 11) is -3.06. The van der Waals surface area contributed by atoms with Gasteiger partial charge in [-0.1, -0.05) is 6.07 Å². The van der Waals surface area contributed by atoms with Gasteiger partial charge in [-0.25, -0.2) is 8.42 Å². The lowest BCUT2D eigenvalue weighted by Crippen LogP contribution is -2.29. The Morgan fingerprint density at radius 2 is 2.06 bits per heavy atom. The Labute approximate surface area is 101 Å². The van der Waals surface area contributed by atoms with Crippen LogP contribution in [0.2, 0.25) is 0 Å². The van der Waals surface area contributed by atoms with Gasteiger partial charge in [0.2, 0.25) is 0 Å². The van der Waals surface area contributed by atoms with Crippen LogP contribution in [0.3, 0.4) is 0 Å². The van der Waals surface area contributed by atoms with Gasteiger partial charge in [0, 0.05) is 24.1 Å². The predicted octanol–water partition coefficient (Wildman–Crippen LogP) is 0.352. The summed E-state index contributed by atoms with van der Waals surface area (Å²) < 4.78 is 21.8.